The van der Waals surface area contributed by atoms with E-state index in [4.69, 9.17) is 18.9 Å². The van der Waals surface area contributed by atoms with Crippen LogP contribution < -0.4 is 9.47 Å². The second-order valence-corrected chi connectivity index (χ2v) is 7.51. The van der Waals surface area contributed by atoms with Gasteiger partial charge in [0.25, 0.3) is 0 Å². The van der Waals surface area contributed by atoms with Gasteiger partial charge in [-0.05, 0) is 35.4 Å². The van der Waals surface area contributed by atoms with Gasteiger partial charge in [0.05, 0.1) is 13.2 Å². The molecule has 0 heterocycles. The molecule has 2 atom stereocenters. The first-order valence-corrected chi connectivity index (χ1v) is 9.67. The van der Waals surface area contributed by atoms with E-state index in [0.29, 0.717) is 11.5 Å². The highest BCUT2D eigenvalue weighted by atomic mass is 16.5. The molecule has 0 bridgehead atoms. The third-order valence-electron chi connectivity index (χ3n) is 4.75. The summed E-state index contributed by atoms with van der Waals surface area (Å²) in [7, 11) is 3.09. The zero-order valence-electron chi connectivity index (χ0n) is 17.6. The summed E-state index contributed by atoms with van der Waals surface area (Å²) in [6.07, 6.45) is -1.29. The van der Waals surface area contributed by atoms with Crippen molar-refractivity contribution in [3.63, 3.8) is 0 Å². The van der Waals surface area contributed by atoms with Crippen molar-refractivity contribution < 1.29 is 29.2 Å². The van der Waals surface area contributed by atoms with Crippen molar-refractivity contribution in [1.29, 1.82) is 0 Å². The molecule has 2 unspecified atom stereocenters. The second kappa shape index (κ2) is 11.2. The lowest BCUT2D eigenvalue weighted by Crippen LogP contribution is -2.23. The Hall–Kier alpha value is -2.12. The van der Waals surface area contributed by atoms with E-state index in [0.717, 1.165) is 11.1 Å². The van der Waals surface area contributed by atoms with Crippen molar-refractivity contribution in [3.8, 4) is 11.5 Å². The van der Waals surface area contributed by atoms with Crippen LogP contribution in [0.2, 0.25) is 0 Å². The highest BCUT2D eigenvalue weighted by Crippen LogP contribution is 2.33. The first-order valence-electron chi connectivity index (χ1n) is 9.67. The second-order valence-electron chi connectivity index (χ2n) is 7.51. The summed E-state index contributed by atoms with van der Waals surface area (Å²) >= 11 is 0. The Bertz CT molecular complexity index is 650. The van der Waals surface area contributed by atoms with E-state index in [-0.39, 0.29) is 31.8 Å². The summed E-state index contributed by atoms with van der Waals surface area (Å²) in [5.74, 6) is 1.41. The zero-order valence-corrected chi connectivity index (χ0v) is 17.6. The van der Waals surface area contributed by atoms with Crippen LogP contribution in [-0.2, 0) is 14.9 Å². The van der Waals surface area contributed by atoms with Gasteiger partial charge in [-0.25, -0.2) is 0 Å². The lowest BCUT2D eigenvalue weighted by Gasteiger charge is -2.26. The molecule has 0 aromatic heterocycles. The molecule has 160 valence electrons. The Morgan fingerprint density at radius 2 is 1.00 bits per heavy atom. The van der Waals surface area contributed by atoms with E-state index < -0.39 is 12.2 Å². The molecule has 0 aliphatic carbocycles. The van der Waals surface area contributed by atoms with Crippen LogP contribution in [0.3, 0.4) is 0 Å². The van der Waals surface area contributed by atoms with Crippen LogP contribution in [0.25, 0.3) is 0 Å². The van der Waals surface area contributed by atoms with Crippen LogP contribution >= 0.6 is 0 Å². The van der Waals surface area contributed by atoms with Crippen molar-refractivity contribution in [1.82, 2.24) is 0 Å². The standard InChI is InChI=1S/C23H32O6/c1-23(2,17-5-9-21(10-6-17)28-15-19(24)13-26-3)18-7-11-22(12-8-18)29-16-20(25)14-27-4/h5-12,19-20,24-25H,13-16H2,1-4H3. The van der Waals surface area contributed by atoms with E-state index in [1.807, 2.05) is 48.5 Å². The average molecular weight is 405 g/mol. The quantitative estimate of drug-likeness (QED) is 0.567. The van der Waals surface area contributed by atoms with Crippen molar-refractivity contribution in [3.05, 3.63) is 59.7 Å². The molecule has 0 aliphatic heterocycles. The minimum atomic E-state index is -0.646. The van der Waals surface area contributed by atoms with E-state index in [9.17, 15) is 10.2 Å². The maximum absolute atomic E-state index is 9.68. The van der Waals surface area contributed by atoms with Crippen LogP contribution in [0.5, 0.6) is 11.5 Å². The molecule has 0 saturated heterocycles. The number of hydrogen-bond donors (Lipinski definition) is 2. The van der Waals surface area contributed by atoms with Crippen molar-refractivity contribution in [2.24, 2.45) is 0 Å². The Morgan fingerprint density at radius 3 is 1.31 bits per heavy atom. The first kappa shape index (κ1) is 23.2. The van der Waals surface area contributed by atoms with Crippen LogP contribution in [0.4, 0.5) is 0 Å². The van der Waals surface area contributed by atoms with Crippen LogP contribution in [0.1, 0.15) is 25.0 Å². The molecule has 0 fully saturated rings. The summed E-state index contributed by atoms with van der Waals surface area (Å²) < 4.78 is 21.0. The number of ether oxygens (including phenoxy) is 4. The van der Waals surface area contributed by atoms with Gasteiger partial charge in [0.1, 0.15) is 36.9 Å². The number of benzene rings is 2. The van der Waals surface area contributed by atoms with E-state index in [1.165, 1.54) is 0 Å². The van der Waals surface area contributed by atoms with Gasteiger partial charge in [0.2, 0.25) is 0 Å². The van der Waals surface area contributed by atoms with Crippen molar-refractivity contribution in [2.75, 3.05) is 40.6 Å². The van der Waals surface area contributed by atoms with Gasteiger partial charge in [0.15, 0.2) is 0 Å². The third kappa shape index (κ3) is 7.01. The van der Waals surface area contributed by atoms with Gasteiger partial charge in [-0.15, -0.1) is 0 Å². The lowest BCUT2D eigenvalue weighted by molar-refractivity contribution is 0.0325. The minimum Gasteiger partial charge on any atom is -0.491 e. The molecule has 0 aliphatic rings. The Labute approximate surface area is 173 Å². The third-order valence-corrected chi connectivity index (χ3v) is 4.75. The molecule has 0 spiro atoms. The Balaban J connectivity index is 1.98. The molecule has 0 radical (unpaired) electrons. The molecular formula is C23H32O6. The largest absolute Gasteiger partial charge is 0.491 e. The first-order chi connectivity index (χ1) is 13.9. The molecule has 6 nitrogen and oxygen atoms in total. The summed E-state index contributed by atoms with van der Waals surface area (Å²) in [4.78, 5) is 0. The number of rotatable bonds is 12. The normalized spacial score (nSPS) is 13.7. The van der Waals surface area contributed by atoms with E-state index in [1.54, 1.807) is 14.2 Å². The van der Waals surface area contributed by atoms with Crippen molar-refractivity contribution in [2.45, 2.75) is 31.5 Å². The van der Waals surface area contributed by atoms with Gasteiger partial charge in [0, 0.05) is 19.6 Å². The molecule has 2 aromatic rings. The average Bonchev–Trinajstić information content (AvgIpc) is 2.72. The fraction of sp³-hybridized carbons (Fsp3) is 0.478. The zero-order chi connectivity index (χ0) is 21.3. The summed E-state index contributed by atoms with van der Waals surface area (Å²) in [6.45, 7) is 5.19. The smallest absolute Gasteiger partial charge is 0.119 e. The van der Waals surface area contributed by atoms with Gasteiger partial charge in [-0.1, -0.05) is 38.1 Å². The highest BCUT2D eigenvalue weighted by Gasteiger charge is 2.23. The topological polar surface area (TPSA) is 77.4 Å². The van der Waals surface area contributed by atoms with E-state index >= 15 is 0 Å². The summed E-state index contributed by atoms with van der Waals surface area (Å²) in [5.41, 5.74) is 2.08. The molecule has 0 amide bonds. The van der Waals surface area contributed by atoms with Gasteiger partial charge < -0.3 is 29.2 Å². The predicted molar refractivity (Wildman–Crippen MR) is 112 cm³/mol. The number of methoxy groups -OCH3 is 2. The highest BCUT2D eigenvalue weighted by molar-refractivity contribution is 5.41. The predicted octanol–water partition coefficient (Wildman–Crippen LogP) is 2.78. The number of aliphatic hydroxyl groups excluding tert-OH is 2. The molecule has 2 rings (SSSR count). The fourth-order valence-corrected chi connectivity index (χ4v) is 2.97. The Kier molecular flexibility index (Phi) is 8.92. The molecular weight excluding hydrogens is 372 g/mol. The van der Waals surface area contributed by atoms with Gasteiger partial charge in [-0.3, -0.25) is 0 Å². The SMILES string of the molecule is COCC(O)COc1ccc(C(C)(C)c2ccc(OCC(O)COC)cc2)cc1. The summed E-state index contributed by atoms with van der Waals surface area (Å²) in [6, 6.07) is 15.8. The van der Waals surface area contributed by atoms with Crippen LogP contribution in [0.15, 0.2) is 48.5 Å². The van der Waals surface area contributed by atoms with Gasteiger partial charge in [-0.2, -0.15) is 0 Å². The fourth-order valence-electron chi connectivity index (χ4n) is 2.97. The number of aliphatic hydroxyl groups is 2. The minimum absolute atomic E-state index is 0.192. The molecule has 2 N–H and O–H groups in total. The molecule has 2 aromatic carbocycles. The number of hydrogen-bond acceptors (Lipinski definition) is 6. The molecule has 6 heteroatoms. The maximum atomic E-state index is 9.68. The monoisotopic (exact) mass is 404 g/mol. The van der Waals surface area contributed by atoms with E-state index in [2.05, 4.69) is 13.8 Å². The van der Waals surface area contributed by atoms with Crippen LogP contribution in [-0.4, -0.2) is 63.1 Å². The molecule has 29 heavy (non-hydrogen) atoms. The maximum Gasteiger partial charge on any atom is 0.119 e. The Morgan fingerprint density at radius 1 is 0.655 bits per heavy atom. The van der Waals surface area contributed by atoms with Gasteiger partial charge >= 0.3 is 0 Å². The summed E-state index contributed by atoms with van der Waals surface area (Å²) in [5, 5.41) is 19.4. The molecule has 0 saturated carbocycles. The van der Waals surface area contributed by atoms with Crippen molar-refractivity contribution >= 4 is 0 Å². The van der Waals surface area contributed by atoms with Crippen LogP contribution in [0, 0.1) is 0 Å². The lowest BCUT2D eigenvalue weighted by atomic mass is 9.78.